The van der Waals surface area contributed by atoms with Gasteiger partial charge in [0.1, 0.15) is 10.6 Å². The van der Waals surface area contributed by atoms with Crippen molar-refractivity contribution < 1.29 is 13.5 Å². The summed E-state index contributed by atoms with van der Waals surface area (Å²) >= 11 is 5.71. The van der Waals surface area contributed by atoms with Crippen LogP contribution in [0.15, 0.2) is 57.6 Å². The molecule has 0 aromatic heterocycles. The van der Waals surface area contributed by atoms with E-state index in [0.29, 0.717) is 5.69 Å². The highest BCUT2D eigenvalue weighted by Gasteiger charge is 2.21. The Morgan fingerprint density at radius 1 is 1.05 bits per heavy atom. The van der Waals surface area contributed by atoms with Crippen LogP contribution in [0.25, 0.3) is 0 Å². The number of primary sulfonamides is 1. The van der Waals surface area contributed by atoms with Gasteiger partial charge in [-0.05, 0) is 24.3 Å². The van der Waals surface area contributed by atoms with Crippen molar-refractivity contribution in [3.63, 3.8) is 0 Å². The van der Waals surface area contributed by atoms with Gasteiger partial charge in [0.2, 0.25) is 10.0 Å². The minimum atomic E-state index is -4.15. The van der Waals surface area contributed by atoms with Crippen molar-refractivity contribution in [1.82, 2.24) is 0 Å². The maximum atomic E-state index is 11.4. The van der Waals surface area contributed by atoms with Gasteiger partial charge < -0.3 is 5.11 Å². The number of azo groups is 1. The van der Waals surface area contributed by atoms with Crippen LogP contribution in [0.5, 0.6) is 5.75 Å². The number of aromatic hydroxyl groups is 1. The van der Waals surface area contributed by atoms with Gasteiger partial charge in [0.05, 0.1) is 10.7 Å². The Morgan fingerprint density at radius 2 is 1.70 bits per heavy atom. The van der Waals surface area contributed by atoms with Gasteiger partial charge in [0.25, 0.3) is 0 Å². The molecule has 20 heavy (non-hydrogen) atoms. The molecule has 104 valence electrons. The fourth-order valence-electron chi connectivity index (χ4n) is 1.49. The highest BCUT2D eigenvalue weighted by molar-refractivity contribution is 7.89. The highest BCUT2D eigenvalue weighted by Crippen LogP contribution is 2.38. The van der Waals surface area contributed by atoms with Crippen molar-refractivity contribution in [2.75, 3.05) is 0 Å². The first-order valence-electron chi connectivity index (χ1n) is 5.40. The summed E-state index contributed by atoms with van der Waals surface area (Å²) in [4.78, 5) is -0.566. The summed E-state index contributed by atoms with van der Waals surface area (Å²) in [5.74, 6) is -0.625. The smallest absolute Gasteiger partial charge is 0.243 e. The molecule has 0 bridgehead atoms. The molecule has 0 saturated carbocycles. The summed E-state index contributed by atoms with van der Waals surface area (Å²) in [7, 11) is -4.15. The van der Waals surface area contributed by atoms with Crippen LogP contribution in [0, 0.1) is 0 Å². The van der Waals surface area contributed by atoms with Crippen LogP contribution in [0.4, 0.5) is 11.4 Å². The molecule has 0 unspecified atom stereocenters. The van der Waals surface area contributed by atoms with E-state index in [1.165, 1.54) is 12.1 Å². The van der Waals surface area contributed by atoms with E-state index in [1.54, 1.807) is 24.3 Å². The first kappa shape index (κ1) is 14.4. The average Bonchev–Trinajstić information content (AvgIpc) is 2.37. The number of hydrogen-bond acceptors (Lipinski definition) is 5. The Hall–Kier alpha value is -1.96. The fraction of sp³-hybridized carbons (Fsp3) is 0. The number of nitrogens with zero attached hydrogens (tertiary/aromatic N) is 2. The Bertz CT molecular complexity index is 761. The molecule has 6 nitrogen and oxygen atoms in total. The second kappa shape index (κ2) is 5.58. The van der Waals surface area contributed by atoms with Crippen LogP contribution < -0.4 is 5.14 Å². The van der Waals surface area contributed by atoms with Crippen molar-refractivity contribution in [3.8, 4) is 5.75 Å². The van der Waals surface area contributed by atoms with E-state index in [2.05, 4.69) is 10.2 Å². The van der Waals surface area contributed by atoms with E-state index in [0.717, 1.165) is 0 Å². The third-order valence-electron chi connectivity index (χ3n) is 2.38. The molecule has 3 N–H and O–H groups in total. The summed E-state index contributed by atoms with van der Waals surface area (Å²) in [5, 5.41) is 22.4. The Balaban J connectivity index is 2.47. The normalized spacial score (nSPS) is 11.9. The predicted octanol–water partition coefficient (Wildman–Crippen LogP) is 3.11. The lowest BCUT2D eigenvalue weighted by molar-refractivity contribution is 0.460. The molecule has 2 aromatic rings. The Kier molecular flexibility index (Phi) is 4.03. The number of sulfonamides is 1. The first-order chi connectivity index (χ1) is 9.39. The van der Waals surface area contributed by atoms with Crippen molar-refractivity contribution in [3.05, 3.63) is 47.5 Å². The van der Waals surface area contributed by atoms with Crippen LogP contribution in [-0.4, -0.2) is 13.5 Å². The molecule has 2 rings (SSSR count). The van der Waals surface area contributed by atoms with Gasteiger partial charge in [-0.2, -0.15) is 5.11 Å². The van der Waals surface area contributed by atoms with E-state index in [9.17, 15) is 13.5 Å². The molecule has 0 aliphatic rings. The van der Waals surface area contributed by atoms with Gasteiger partial charge in [0, 0.05) is 0 Å². The third-order valence-corrected chi connectivity index (χ3v) is 3.79. The quantitative estimate of drug-likeness (QED) is 0.850. The molecular weight excluding hydrogens is 302 g/mol. The van der Waals surface area contributed by atoms with Gasteiger partial charge in [-0.3, -0.25) is 0 Å². The monoisotopic (exact) mass is 311 g/mol. The Labute approximate surface area is 120 Å². The lowest BCUT2D eigenvalue weighted by Crippen LogP contribution is -2.12. The van der Waals surface area contributed by atoms with E-state index in [-0.39, 0.29) is 10.7 Å². The fourth-order valence-corrected chi connectivity index (χ4v) is 2.68. The molecule has 0 saturated heterocycles. The molecule has 0 amide bonds. The van der Waals surface area contributed by atoms with Gasteiger partial charge in [-0.1, -0.05) is 29.8 Å². The molecule has 0 spiro atoms. The van der Waals surface area contributed by atoms with Crippen LogP contribution >= 0.6 is 11.6 Å². The standard InChI is InChI=1S/C12H10ClN3O3S/c13-9-6-7-10(11(17)12(9)20(14,18)19)16-15-8-4-2-1-3-5-8/h1-7,17H,(H2,14,18,19). The first-order valence-corrected chi connectivity index (χ1v) is 7.33. The predicted molar refractivity (Wildman–Crippen MR) is 75.1 cm³/mol. The maximum absolute atomic E-state index is 11.4. The number of benzene rings is 2. The van der Waals surface area contributed by atoms with E-state index in [1.807, 2.05) is 6.07 Å². The SMILES string of the molecule is NS(=O)(=O)c1c(Cl)ccc(N=Nc2ccccc2)c1O. The number of phenolic OH excluding ortho intramolecular Hbond substituents is 1. The maximum Gasteiger partial charge on any atom is 0.243 e. The lowest BCUT2D eigenvalue weighted by Gasteiger charge is -2.06. The zero-order valence-electron chi connectivity index (χ0n) is 10.1. The topological polar surface area (TPSA) is 105 Å². The van der Waals surface area contributed by atoms with Gasteiger partial charge in [0.15, 0.2) is 5.75 Å². The number of nitrogens with two attached hydrogens (primary N) is 1. The van der Waals surface area contributed by atoms with Crippen molar-refractivity contribution in [1.29, 1.82) is 0 Å². The molecule has 0 radical (unpaired) electrons. The van der Waals surface area contributed by atoms with Crippen LogP contribution in [-0.2, 0) is 10.0 Å². The van der Waals surface area contributed by atoms with Crippen molar-refractivity contribution in [2.24, 2.45) is 15.4 Å². The van der Waals surface area contributed by atoms with Crippen LogP contribution in [0.3, 0.4) is 0 Å². The minimum absolute atomic E-state index is 0.0396. The summed E-state index contributed by atoms with van der Waals surface area (Å²) < 4.78 is 22.7. The number of hydrogen-bond donors (Lipinski definition) is 2. The molecule has 0 fully saturated rings. The number of halogens is 1. The summed E-state index contributed by atoms with van der Waals surface area (Å²) in [6, 6.07) is 11.4. The van der Waals surface area contributed by atoms with Gasteiger partial charge in [-0.15, -0.1) is 5.11 Å². The summed E-state index contributed by atoms with van der Waals surface area (Å²) in [6.45, 7) is 0. The van der Waals surface area contributed by atoms with Crippen LogP contribution in [0.1, 0.15) is 0 Å². The van der Waals surface area contributed by atoms with E-state index < -0.39 is 20.7 Å². The zero-order chi connectivity index (χ0) is 14.8. The molecule has 0 aliphatic heterocycles. The molecule has 0 aliphatic carbocycles. The lowest BCUT2D eigenvalue weighted by atomic mass is 10.3. The molecule has 8 heteroatoms. The van der Waals surface area contributed by atoms with E-state index >= 15 is 0 Å². The second-order valence-electron chi connectivity index (χ2n) is 3.82. The average molecular weight is 312 g/mol. The molecular formula is C12H10ClN3O3S. The minimum Gasteiger partial charge on any atom is -0.504 e. The van der Waals surface area contributed by atoms with Gasteiger partial charge >= 0.3 is 0 Å². The summed E-state index contributed by atoms with van der Waals surface area (Å²) in [6.07, 6.45) is 0. The third kappa shape index (κ3) is 3.13. The largest absolute Gasteiger partial charge is 0.504 e. The molecule has 0 atom stereocenters. The number of phenols is 1. The second-order valence-corrected chi connectivity index (χ2v) is 5.73. The van der Waals surface area contributed by atoms with Crippen molar-refractivity contribution >= 4 is 33.0 Å². The van der Waals surface area contributed by atoms with Crippen molar-refractivity contribution in [2.45, 2.75) is 4.90 Å². The van der Waals surface area contributed by atoms with Crippen LogP contribution in [0.2, 0.25) is 5.02 Å². The molecule has 2 aromatic carbocycles. The van der Waals surface area contributed by atoms with E-state index in [4.69, 9.17) is 16.7 Å². The highest BCUT2D eigenvalue weighted by atomic mass is 35.5. The molecule has 0 heterocycles. The summed E-state index contributed by atoms with van der Waals surface area (Å²) in [5.41, 5.74) is 0.515. The Morgan fingerprint density at radius 3 is 2.30 bits per heavy atom. The zero-order valence-corrected chi connectivity index (χ0v) is 11.6. The number of rotatable bonds is 3. The van der Waals surface area contributed by atoms with Gasteiger partial charge in [-0.25, -0.2) is 13.6 Å².